The third-order valence-corrected chi connectivity index (χ3v) is 6.39. The minimum atomic E-state index is -0.205. The second-order valence-electron chi connectivity index (χ2n) is 9.41. The highest BCUT2D eigenvalue weighted by atomic mass is 16.2. The van der Waals surface area contributed by atoms with Gasteiger partial charge in [0.15, 0.2) is 5.82 Å². The lowest BCUT2D eigenvalue weighted by Crippen LogP contribution is -2.40. The summed E-state index contributed by atoms with van der Waals surface area (Å²) >= 11 is 0. The summed E-state index contributed by atoms with van der Waals surface area (Å²) in [5.41, 5.74) is 3.37. The van der Waals surface area contributed by atoms with Gasteiger partial charge < -0.3 is 5.32 Å². The van der Waals surface area contributed by atoms with Gasteiger partial charge in [-0.05, 0) is 61.1 Å². The number of urea groups is 1. The Morgan fingerprint density at radius 1 is 1.10 bits per heavy atom. The molecule has 0 aliphatic heterocycles. The molecule has 10 nitrogen and oxygen atoms in total. The Labute approximate surface area is 234 Å². The van der Waals surface area contributed by atoms with E-state index in [2.05, 4.69) is 43.4 Å². The summed E-state index contributed by atoms with van der Waals surface area (Å²) in [5, 5.41) is 16.2. The number of carbonyl (C=O) groups excluding carboxylic acids is 1. The molecule has 0 radical (unpaired) electrons. The Morgan fingerprint density at radius 2 is 1.90 bits per heavy atom. The van der Waals surface area contributed by atoms with Crippen molar-refractivity contribution in [2.45, 2.75) is 39.2 Å². The molecule has 3 aromatic heterocycles. The average Bonchev–Trinajstić information content (AvgIpc) is 3.44. The zero-order chi connectivity index (χ0) is 28.2. The Hall–Kier alpha value is -4.91. The van der Waals surface area contributed by atoms with Crippen LogP contribution in [0.5, 0.6) is 0 Å². The van der Waals surface area contributed by atoms with Crippen molar-refractivity contribution in [1.29, 1.82) is 5.26 Å². The number of aromatic nitrogens is 5. The number of hydrogen-bond donors (Lipinski definition) is 1. The molecule has 4 aromatic rings. The molecule has 0 bridgehead atoms. The quantitative estimate of drug-likeness (QED) is 0.240. The zero-order valence-electron chi connectivity index (χ0n) is 22.8. The molecule has 204 valence electrons. The number of nitriles is 1. The number of nitrogens with one attached hydrogen (secondary N) is 1. The maximum Gasteiger partial charge on any atom is 0.322 e. The Morgan fingerprint density at radius 3 is 2.55 bits per heavy atom. The van der Waals surface area contributed by atoms with Gasteiger partial charge in [-0.25, -0.2) is 24.7 Å². The smallest absolute Gasteiger partial charge is 0.322 e. The first kappa shape index (κ1) is 28.1. The highest BCUT2D eigenvalue weighted by Crippen LogP contribution is 2.24. The van der Waals surface area contributed by atoms with Crippen molar-refractivity contribution in [3.63, 3.8) is 0 Å². The van der Waals surface area contributed by atoms with Crippen LogP contribution >= 0.6 is 0 Å². The summed E-state index contributed by atoms with van der Waals surface area (Å²) in [6.07, 6.45) is 14.2. The minimum absolute atomic E-state index is 0.205. The van der Waals surface area contributed by atoms with Crippen LogP contribution in [-0.4, -0.2) is 43.5 Å². The van der Waals surface area contributed by atoms with Crippen LogP contribution in [-0.2, 0) is 13.6 Å². The van der Waals surface area contributed by atoms with Crippen LogP contribution < -0.4 is 10.2 Å². The fraction of sp³-hybridized carbons (Fsp3) is 0.300. The summed E-state index contributed by atoms with van der Waals surface area (Å²) in [5.74, 6) is 1.38. The SMILES string of the molecule is CCCC(C=Nc1ccc(C#N)cn1)CCCN(C(=O)NCc1ncccn1)c1ccc(-c2cnn(C)c2)cc1. The van der Waals surface area contributed by atoms with Crippen LogP contribution in [0.25, 0.3) is 11.1 Å². The van der Waals surface area contributed by atoms with Gasteiger partial charge in [0.1, 0.15) is 11.9 Å². The van der Waals surface area contributed by atoms with Gasteiger partial charge in [-0.15, -0.1) is 0 Å². The summed E-state index contributed by atoms with van der Waals surface area (Å²) in [4.78, 5) is 32.3. The van der Waals surface area contributed by atoms with E-state index in [1.165, 1.54) is 6.20 Å². The first-order valence-electron chi connectivity index (χ1n) is 13.4. The van der Waals surface area contributed by atoms with Gasteiger partial charge in [0, 0.05) is 55.8 Å². The van der Waals surface area contributed by atoms with Crippen molar-refractivity contribution in [3.05, 3.63) is 84.8 Å². The maximum atomic E-state index is 13.3. The van der Waals surface area contributed by atoms with E-state index in [1.54, 1.807) is 40.2 Å². The first-order chi connectivity index (χ1) is 19.6. The van der Waals surface area contributed by atoms with Gasteiger partial charge in [0.25, 0.3) is 0 Å². The van der Waals surface area contributed by atoms with Crippen LogP contribution in [0, 0.1) is 17.2 Å². The fourth-order valence-corrected chi connectivity index (χ4v) is 4.31. The summed E-state index contributed by atoms with van der Waals surface area (Å²) in [6.45, 7) is 2.93. The number of hydrogen-bond acceptors (Lipinski definition) is 7. The van der Waals surface area contributed by atoms with E-state index in [0.29, 0.717) is 23.8 Å². The monoisotopic (exact) mass is 535 g/mol. The van der Waals surface area contributed by atoms with E-state index in [-0.39, 0.29) is 18.5 Å². The zero-order valence-corrected chi connectivity index (χ0v) is 22.8. The van der Waals surface area contributed by atoms with Crippen LogP contribution in [0.4, 0.5) is 16.3 Å². The summed E-state index contributed by atoms with van der Waals surface area (Å²) in [6, 6.07) is 15.0. The predicted molar refractivity (Wildman–Crippen MR) is 155 cm³/mol. The van der Waals surface area contributed by atoms with Gasteiger partial charge >= 0.3 is 6.03 Å². The molecule has 1 unspecified atom stereocenters. The van der Waals surface area contributed by atoms with Crippen LogP contribution in [0.3, 0.4) is 0 Å². The number of nitrogens with zero attached hydrogens (tertiary/aromatic N) is 8. The van der Waals surface area contributed by atoms with Crippen molar-refractivity contribution in [1.82, 2.24) is 30.0 Å². The summed E-state index contributed by atoms with van der Waals surface area (Å²) < 4.78 is 1.77. The lowest BCUT2D eigenvalue weighted by Gasteiger charge is -2.24. The molecule has 1 aromatic carbocycles. The molecule has 40 heavy (non-hydrogen) atoms. The second kappa shape index (κ2) is 14.3. The lowest BCUT2D eigenvalue weighted by atomic mass is 9.99. The molecule has 0 aliphatic rings. The average molecular weight is 536 g/mol. The van der Waals surface area contributed by atoms with Gasteiger partial charge in [-0.1, -0.05) is 25.5 Å². The second-order valence-corrected chi connectivity index (χ2v) is 9.41. The molecule has 0 spiro atoms. The number of aryl methyl sites for hydroxylation is 1. The van der Waals surface area contributed by atoms with Gasteiger partial charge in [0.2, 0.25) is 0 Å². The van der Waals surface area contributed by atoms with E-state index in [1.807, 2.05) is 49.9 Å². The van der Waals surface area contributed by atoms with E-state index < -0.39 is 0 Å². The number of carbonyl (C=O) groups is 1. The van der Waals surface area contributed by atoms with E-state index in [4.69, 9.17) is 5.26 Å². The molecular formula is C30H33N9O. The minimum Gasteiger partial charge on any atom is -0.330 e. The lowest BCUT2D eigenvalue weighted by molar-refractivity contribution is 0.245. The molecule has 0 fully saturated rings. The third kappa shape index (κ3) is 8.04. The molecule has 0 aliphatic carbocycles. The molecule has 1 N–H and O–H groups in total. The normalized spacial score (nSPS) is 11.7. The number of rotatable bonds is 12. The molecule has 10 heteroatoms. The molecule has 3 heterocycles. The Kier molecular flexibility index (Phi) is 10.0. The predicted octanol–water partition coefficient (Wildman–Crippen LogP) is 5.46. The largest absolute Gasteiger partial charge is 0.330 e. The van der Waals surface area contributed by atoms with Crippen molar-refractivity contribution < 1.29 is 4.79 Å². The molecular weight excluding hydrogens is 502 g/mol. The fourth-order valence-electron chi connectivity index (χ4n) is 4.31. The molecule has 1 atom stereocenters. The van der Waals surface area contributed by atoms with Crippen molar-refractivity contribution in [2.24, 2.45) is 18.0 Å². The standard InChI is InChI=1S/C30H33N9O/c1-3-6-23(18-34-28-13-8-24(17-31)19-35-28)7-4-16-39(30(40)36-21-29-32-14-5-15-33-29)27-11-9-25(10-12-27)26-20-37-38(2)22-26/h5,8-15,18-20,22-23H,3-4,6-7,16,21H2,1-2H3,(H,36,40). The van der Waals surface area contributed by atoms with E-state index >= 15 is 0 Å². The summed E-state index contributed by atoms with van der Waals surface area (Å²) in [7, 11) is 1.89. The molecule has 2 amide bonds. The first-order valence-corrected chi connectivity index (χ1v) is 13.4. The number of pyridine rings is 1. The van der Waals surface area contributed by atoms with Crippen molar-refractivity contribution in [3.8, 4) is 17.2 Å². The van der Waals surface area contributed by atoms with Gasteiger partial charge in [-0.2, -0.15) is 10.4 Å². The third-order valence-electron chi connectivity index (χ3n) is 6.39. The van der Waals surface area contributed by atoms with Crippen LogP contribution in [0.15, 0.2) is 78.4 Å². The Balaban J connectivity index is 1.44. The number of anilines is 1. The topological polar surface area (TPSA) is 125 Å². The number of aliphatic imine (C=N–C) groups is 1. The highest BCUT2D eigenvalue weighted by molar-refractivity contribution is 5.92. The highest BCUT2D eigenvalue weighted by Gasteiger charge is 2.17. The van der Waals surface area contributed by atoms with E-state index in [9.17, 15) is 4.79 Å². The van der Waals surface area contributed by atoms with E-state index in [0.717, 1.165) is 42.5 Å². The molecule has 0 saturated carbocycles. The molecule has 4 rings (SSSR count). The Bertz CT molecular complexity index is 1420. The molecule has 0 saturated heterocycles. The van der Waals surface area contributed by atoms with Crippen molar-refractivity contribution >= 4 is 23.8 Å². The van der Waals surface area contributed by atoms with Gasteiger partial charge in [-0.3, -0.25) is 9.58 Å². The maximum absolute atomic E-state index is 13.3. The van der Waals surface area contributed by atoms with Crippen molar-refractivity contribution in [2.75, 3.05) is 11.4 Å². The number of amides is 2. The van der Waals surface area contributed by atoms with Crippen LogP contribution in [0.2, 0.25) is 0 Å². The van der Waals surface area contributed by atoms with Gasteiger partial charge in [0.05, 0.1) is 18.3 Å². The number of benzene rings is 1. The van der Waals surface area contributed by atoms with Crippen LogP contribution in [0.1, 0.15) is 44.0 Å².